The maximum absolute atomic E-state index is 13.9. The minimum absolute atomic E-state index is 0.105. The SMILES string of the molecule is COc1ccc(N2CCN(c3ccc([N+](=O)[O-])cc3C)CC2)cc1F. The number of halogens is 1. The van der Waals surface area contributed by atoms with Crippen molar-refractivity contribution in [2.24, 2.45) is 0 Å². The van der Waals surface area contributed by atoms with E-state index in [4.69, 9.17) is 4.74 Å². The lowest BCUT2D eigenvalue weighted by Gasteiger charge is -2.38. The predicted octanol–water partition coefficient (Wildman–Crippen LogP) is 3.38. The van der Waals surface area contributed by atoms with Crippen molar-refractivity contribution in [1.29, 1.82) is 0 Å². The fourth-order valence-electron chi connectivity index (χ4n) is 3.17. The van der Waals surface area contributed by atoms with Crippen LogP contribution in [0.5, 0.6) is 5.75 Å². The number of piperazine rings is 1. The van der Waals surface area contributed by atoms with Crippen LogP contribution in [0, 0.1) is 22.9 Å². The van der Waals surface area contributed by atoms with E-state index in [2.05, 4.69) is 9.80 Å². The molecule has 25 heavy (non-hydrogen) atoms. The molecule has 2 aromatic rings. The molecule has 0 unspecified atom stereocenters. The van der Waals surface area contributed by atoms with Crippen LogP contribution in [0.3, 0.4) is 0 Å². The predicted molar refractivity (Wildman–Crippen MR) is 95.2 cm³/mol. The topological polar surface area (TPSA) is 58.8 Å². The van der Waals surface area contributed by atoms with E-state index in [0.717, 1.165) is 43.1 Å². The monoisotopic (exact) mass is 345 g/mol. The molecule has 132 valence electrons. The quantitative estimate of drug-likeness (QED) is 0.628. The zero-order valence-electron chi connectivity index (χ0n) is 14.2. The van der Waals surface area contributed by atoms with Gasteiger partial charge in [-0.3, -0.25) is 10.1 Å². The summed E-state index contributed by atoms with van der Waals surface area (Å²) in [6.45, 7) is 4.93. The number of hydrogen-bond acceptors (Lipinski definition) is 5. The Labute approximate surface area is 145 Å². The highest BCUT2D eigenvalue weighted by atomic mass is 19.1. The lowest BCUT2D eigenvalue weighted by molar-refractivity contribution is -0.384. The van der Waals surface area contributed by atoms with Crippen molar-refractivity contribution in [2.75, 3.05) is 43.1 Å². The van der Waals surface area contributed by atoms with Gasteiger partial charge < -0.3 is 14.5 Å². The van der Waals surface area contributed by atoms with Crippen molar-refractivity contribution >= 4 is 17.1 Å². The Kier molecular flexibility index (Phi) is 4.74. The molecule has 0 radical (unpaired) electrons. The molecule has 0 amide bonds. The molecule has 1 aliphatic heterocycles. The van der Waals surface area contributed by atoms with Crippen LogP contribution in [0.2, 0.25) is 0 Å². The minimum Gasteiger partial charge on any atom is -0.494 e. The van der Waals surface area contributed by atoms with Gasteiger partial charge in [-0.25, -0.2) is 4.39 Å². The molecule has 2 aromatic carbocycles. The van der Waals surface area contributed by atoms with Crippen LogP contribution >= 0.6 is 0 Å². The molecule has 0 aromatic heterocycles. The largest absolute Gasteiger partial charge is 0.494 e. The zero-order valence-corrected chi connectivity index (χ0v) is 14.2. The van der Waals surface area contributed by atoms with Gasteiger partial charge in [-0.15, -0.1) is 0 Å². The van der Waals surface area contributed by atoms with E-state index in [1.807, 2.05) is 13.0 Å². The number of nitrogens with zero attached hydrogens (tertiary/aromatic N) is 3. The summed E-state index contributed by atoms with van der Waals surface area (Å²) < 4.78 is 18.8. The highest BCUT2D eigenvalue weighted by Crippen LogP contribution is 2.28. The van der Waals surface area contributed by atoms with Crippen LogP contribution in [-0.2, 0) is 0 Å². The molecule has 6 nitrogen and oxygen atoms in total. The molecule has 1 aliphatic rings. The maximum atomic E-state index is 13.9. The first-order valence-electron chi connectivity index (χ1n) is 8.08. The van der Waals surface area contributed by atoms with E-state index in [1.54, 1.807) is 18.2 Å². The molecule has 0 atom stereocenters. The first-order chi connectivity index (χ1) is 12.0. The summed E-state index contributed by atoms with van der Waals surface area (Å²) in [6.07, 6.45) is 0. The average Bonchev–Trinajstić information content (AvgIpc) is 2.61. The van der Waals surface area contributed by atoms with E-state index in [9.17, 15) is 14.5 Å². The van der Waals surface area contributed by atoms with Crippen LogP contribution in [-0.4, -0.2) is 38.2 Å². The highest BCUT2D eigenvalue weighted by molar-refractivity contribution is 5.59. The van der Waals surface area contributed by atoms with E-state index >= 15 is 0 Å². The van der Waals surface area contributed by atoms with Crippen molar-refractivity contribution in [3.05, 3.63) is 57.9 Å². The third-order valence-electron chi connectivity index (χ3n) is 4.51. The number of nitro groups is 1. The average molecular weight is 345 g/mol. The number of methoxy groups -OCH3 is 1. The molecular weight excluding hydrogens is 325 g/mol. The second-order valence-electron chi connectivity index (χ2n) is 6.02. The third-order valence-corrected chi connectivity index (χ3v) is 4.51. The standard InChI is InChI=1S/C18H20FN3O3/c1-13-11-15(22(23)24)3-5-17(13)21-9-7-20(8-10-21)14-4-6-18(25-2)16(19)12-14/h3-6,11-12H,7-10H2,1-2H3. The van der Waals surface area contributed by atoms with E-state index in [-0.39, 0.29) is 22.2 Å². The first-order valence-corrected chi connectivity index (χ1v) is 8.08. The Morgan fingerprint density at radius 1 is 1.08 bits per heavy atom. The Morgan fingerprint density at radius 2 is 1.76 bits per heavy atom. The summed E-state index contributed by atoms with van der Waals surface area (Å²) in [5, 5.41) is 10.9. The minimum atomic E-state index is -0.382. The number of aryl methyl sites for hydroxylation is 1. The van der Waals surface area contributed by atoms with E-state index < -0.39 is 0 Å². The lowest BCUT2D eigenvalue weighted by Crippen LogP contribution is -2.46. The number of hydrogen-bond donors (Lipinski definition) is 0. The molecule has 0 spiro atoms. The van der Waals surface area contributed by atoms with Gasteiger partial charge in [0.1, 0.15) is 0 Å². The molecule has 1 fully saturated rings. The third kappa shape index (κ3) is 3.50. The zero-order chi connectivity index (χ0) is 18.0. The van der Waals surface area contributed by atoms with Crippen LogP contribution in [0.25, 0.3) is 0 Å². The fourth-order valence-corrected chi connectivity index (χ4v) is 3.17. The fraction of sp³-hybridized carbons (Fsp3) is 0.333. The van der Waals surface area contributed by atoms with E-state index in [1.165, 1.54) is 19.2 Å². The number of ether oxygens (including phenoxy) is 1. The Morgan fingerprint density at radius 3 is 2.32 bits per heavy atom. The summed E-state index contributed by atoms with van der Waals surface area (Å²) in [6, 6.07) is 9.92. The van der Waals surface area contributed by atoms with Crippen molar-refractivity contribution in [3.63, 3.8) is 0 Å². The maximum Gasteiger partial charge on any atom is 0.269 e. The summed E-state index contributed by atoms with van der Waals surface area (Å²) in [5.41, 5.74) is 2.83. The normalized spacial score (nSPS) is 14.5. The van der Waals surface area contributed by atoms with Gasteiger partial charge in [0.25, 0.3) is 5.69 Å². The molecule has 1 heterocycles. The number of non-ortho nitro benzene ring substituents is 1. The van der Waals surface area contributed by atoms with Gasteiger partial charge in [-0.1, -0.05) is 0 Å². The van der Waals surface area contributed by atoms with E-state index in [0.29, 0.717) is 0 Å². The summed E-state index contributed by atoms with van der Waals surface area (Å²) >= 11 is 0. The second kappa shape index (κ2) is 6.96. The van der Waals surface area contributed by atoms with Gasteiger partial charge in [0.2, 0.25) is 0 Å². The van der Waals surface area contributed by atoms with Crippen molar-refractivity contribution in [2.45, 2.75) is 6.92 Å². The van der Waals surface area contributed by atoms with Gasteiger partial charge >= 0.3 is 0 Å². The number of anilines is 2. The summed E-state index contributed by atoms with van der Waals surface area (Å²) in [5.74, 6) is -0.127. The number of nitro benzene ring substituents is 1. The van der Waals surface area contributed by atoms with Gasteiger partial charge in [0.15, 0.2) is 11.6 Å². The molecule has 0 aliphatic carbocycles. The highest BCUT2D eigenvalue weighted by Gasteiger charge is 2.20. The Balaban J connectivity index is 1.69. The molecule has 7 heteroatoms. The molecular formula is C18H20FN3O3. The second-order valence-corrected chi connectivity index (χ2v) is 6.02. The summed E-state index contributed by atoms with van der Waals surface area (Å²) in [4.78, 5) is 14.8. The molecule has 0 N–H and O–H groups in total. The van der Waals surface area contributed by atoms with Crippen molar-refractivity contribution in [3.8, 4) is 5.75 Å². The van der Waals surface area contributed by atoms with Crippen LogP contribution in [0.4, 0.5) is 21.5 Å². The van der Waals surface area contributed by atoms with Crippen molar-refractivity contribution < 1.29 is 14.1 Å². The van der Waals surface area contributed by atoms with Crippen LogP contribution < -0.4 is 14.5 Å². The van der Waals surface area contributed by atoms with Gasteiger partial charge in [0, 0.05) is 55.8 Å². The molecule has 1 saturated heterocycles. The lowest BCUT2D eigenvalue weighted by atomic mass is 10.1. The van der Waals surface area contributed by atoms with Gasteiger partial charge in [0.05, 0.1) is 12.0 Å². The van der Waals surface area contributed by atoms with Crippen molar-refractivity contribution in [1.82, 2.24) is 0 Å². The number of rotatable bonds is 4. The first kappa shape index (κ1) is 17.0. The summed E-state index contributed by atoms with van der Waals surface area (Å²) in [7, 11) is 1.45. The Bertz CT molecular complexity index is 789. The number of benzene rings is 2. The Hall–Kier alpha value is -2.83. The van der Waals surface area contributed by atoms with Gasteiger partial charge in [-0.2, -0.15) is 0 Å². The smallest absolute Gasteiger partial charge is 0.269 e. The molecule has 0 bridgehead atoms. The van der Waals surface area contributed by atoms with Crippen LogP contribution in [0.1, 0.15) is 5.56 Å². The van der Waals surface area contributed by atoms with Crippen LogP contribution in [0.15, 0.2) is 36.4 Å². The van der Waals surface area contributed by atoms with Gasteiger partial charge in [-0.05, 0) is 30.7 Å². The molecule has 0 saturated carbocycles. The molecule has 3 rings (SSSR count).